The predicted molar refractivity (Wildman–Crippen MR) is 95.0 cm³/mol. The Morgan fingerprint density at radius 1 is 0.870 bits per heavy atom. The van der Waals surface area contributed by atoms with Crippen LogP contribution >= 0.6 is 11.3 Å². The third-order valence-corrected chi connectivity index (χ3v) is 4.46. The molecule has 2 aromatic heterocycles. The van der Waals surface area contributed by atoms with Crippen LogP contribution in [0.2, 0.25) is 0 Å². The minimum absolute atomic E-state index is 0.538. The molecule has 0 saturated carbocycles. The number of rotatable bonds is 3. The number of H-pyrrole nitrogens is 1. The number of aromatic amines is 1. The highest BCUT2D eigenvalue weighted by Gasteiger charge is 2.16. The van der Waals surface area contributed by atoms with Gasteiger partial charge in [-0.25, -0.2) is 9.97 Å². The van der Waals surface area contributed by atoms with Crippen molar-refractivity contribution in [3.8, 4) is 33.2 Å². The molecule has 112 valence electrons. The van der Waals surface area contributed by atoms with Crippen LogP contribution in [0.1, 0.15) is 0 Å². The predicted octanol–water partition coefficient (Wildman–Crippen LogP) is 4.45. The molecule has 0 bridgehead atoms. The number of hydrogen-bond acceptors (Lipinski definition) is 4. The molecule has 3 N–H and O–H groups in total. The smallest absolute Gasteiger partial charge is 0.181 e. The van der Waals surface area contributed by atoms with Crippen LogP contribution < -0.4 is 5.73 Å². The Labute approximate surface area is 137 Å². The molecule has 4 nitrogen and oxygen atoms in total. The summed E-state index contributed by atoms with van der Waals surface area (Å²) in [6.07, 6.45) is 1.84. The van der Waals surface area contributed by atoms with Crippen molar-refractivity contribution in [3.05, 3.63) is 66.9 Å². The first-order valence-corrected chi connectivity index (χ1v) is 8.05. The first-order chi connectivity index (χ1) is 11.3. The number of thiazole rings is 1. The van der Waals surface area contributed by atoms with Crippen LogP contribution in [0.25, 0.3) is 33.2 Å². The van der Waals surface area contributed by atoms with Crippen LogP contribution in [0.5, 0.6) is 0 Å². The third-order valence-electron chi connectivity index (χ3n) is 3.57. The summed E-state index contributed by atoms with van der Waals surface area (Å²) in [5.41, 5.74) is 9.92. The Kier molecular flexibility index (Phi) is 3.40. The summed E-state index contributed by atoms with van der Waals surface area (Å²) in [5, 5.41) is 0.538. The molecule has 0 radical (unpaired) electrons. The van der Waals surface area contributed by atoms with Gasteiger partial charge in [0, 0.05) is 5.56 Å². The van der Waals surface area contributed by atoms with Gasteiger partial charge in [-0.15, -0.1) is 0 Å². The number of benzene rings is 2. The van der Waals surface area contributed by atoms with Crippen molar-refractivity contribution in [1.29, 1.82) is 0 Å². The van der Waals surface area contributed by atoms with E-state index >= 15 is 0 Å². The van der Waals surface area contributed by atoms with E-state index in [1.807, 2.05) is 54.7 Å². The standard InChI is InChI=1S/C18H14N4S/c19-18-22-15(13-9-5-2-6-10-13)16(23-18)17-20-11-14(21-17)12-7-3-1-4-8-12/h1-11H,(H2,19,22)(H,20,21). The Hall–Kier alpha value is -2.92. The van der Waals surface area contributed by atoms with Gasteiger partial charge in [-0.1, -0.05) is 72.0 Å². The Balaban J connectivity index is 1.79. The molecule has 0 unspecified atom stereocenters. The zero-order chi connectivity index (χ0) is 15.6. The molecule has 2 aromatic carbocycles. The van der Waals surface area contributed by atoms with Crippen molar-refractivity contribution >= 4 is 16.5 Å². The van der Waals surface area contributed by atoms with Gasteiger partial charge in [-0.2, -0.15) is 0 Å². The Morgan fingerprint density at radius 2 is 1.52 bits per heavy atom. The van der Waals surface area contributed by atoms with Gasteiger partial charge in [0.1, 0.15) is 5.82 Å². The fraction of sp³-hybridized carbons (Fsp3) is 0. The maximum Gasteiger partial charge on any atom is 0.181 e. The van der Waals surface area contributed by atoms with E-state index < -0.39 is 0 Å². The number of anilines is 1. The molecular formula is C18H14N4S. The van der Waals surface area contributed by atoms with E-state index in [1.165, 1.54) is 11.3 Å². The quantitative estimate of drug-likeness (QED) is 0.586. The Morgan fingerprint density at radius 3 is 2.22 bits per heavy atom. The number of nitrogens with two attached hydrogens (primary N) is 1. The lowest BCUT2D eigenvalue weighted by Gasteiger charge is -2.00. The summed E-state index contributed by atoms with van der Waals surface area (Å²) in [5.74, 6) is 0.789. The second-order valence-corrected chi connectivity index (χ2v) is 6.14. The minimum Gasteiger partial charge on any atom is -0.375 e. The van der Waals surface area contributed by atoms with Gasteiger partial charge in [-0.05, 0) is 5.56 Å². The molecule has 2 heterocycles. The molecule has 0 aliphatic heterocycles. The fourth-order valence-corrected chi connectivity index (χ4v) is 3.30. The summed E-state index contributed by atoms with van der Waals surface area (Å²) in [6.45, 7) is 0. The SMILES string of the molecule is Nc1nc(-c2ccccc2)c(-c2ncc(-c3ccccc3)[nH]2)s1. The molecule has 4 aromatic rings. The van der Waals surface area contributed by atoms with Gasteiger partial charge >= 0.3 is 0 Å². The first-order valence-electron chi connectivity index (χ1n) is 7.24. The molecule has 0 aliphatic rings. The van der Waals surface area contributed by atoms with Crippen LogP contribution in [-0.4, -0.2) is 15.0 Å². The lowest BCUT2D eigenvalue weighted by molar-refractivity contribution is 1.31. The molecule has 0 amide bonds. The second kappa shape index (κ2) is 5.70. The highest BCUT2D eigenvalue weighted by molar-refractivity contribution is 7.19. The summed E-state index contributed by atoms with van der Waals surface area (Å²) in [6, 6.07) is 20.1. The van der Waals surface area contributed by atoms with E-state index in [-0.39, 0.29) is 0 Å². The number of nitrogen functional groups attached to an aromatic ring is 1. The normalized spacial score (nSPS) is 10.8. The molecule has 23 heavy (non-hydrogen) atoms. The summed E-state index contributed by atoms with van der Waals surface area (Å²) >= 11 is 1.44. The van der Waals surface area contributed by atoms with E-state index in [0.29, 0.717) is 5.13 Å². The molecule has 0 aliphatic carbocycles. The average molecular weight is 318 g/mol. The molecule has 4 rings (SSSR count). The van der Waals surface area contributed by atoms with E-state index in [1.54, 1.807) is 0 Å². The van der Waals surface area contributed by atoms with Gasteiger partial charge < -0.3 is 10.7 Å². The topological polar surface area (TPSA) is 67.6 Å². The van der Waals surface area contributed by atoms with E-state index in [2.05, 4.69) is 27.1 Å². The molecular weight excluding hydrogens is 304 g/mol. The summed E-state index contributed by atoms with van der Waals surface area (Å²) in [7, 11) is 0. The highest BCUT2D eigenvalue weighted by atomic mass is 32.1. The van der Waals surface area contributed by atoms with E-state index in [4.69, 9.17) is 5.73 Å². The van der Waals surface area contributed by atoms with Gasteiger partial charge in [-0.3, -0.25) is 0 Å². The van der Waals surface area contributed by atoms with Crippen LogP contribution in [-0.2, 0) is 0 Å². The zero-order valence-electron chi connectivity index (χ0n) is 12.2. The number of imidazole rings is 1. The second-order valence-electron chi connectivity index (χ2n) is 5.11. The van der Waals surface area contributed by atoms with E-state index in [0.717, 1.165) is 33.2 Å². The van der Waals surface area contributed by atoms with Crippen LogP contribution in [0.4, 0.5) is 5.13 Å². The van der Waals surface area contributed by atoms with Crippen molar-refractivity contribution in [3.63, 3.8) is 0 Å². The molecule has 0 spiro atoms. The van der Waals surface area contributed by atoms with Gasteiger partial charge in [0.05, 0.1) is 22.5 Å². The minimum atomic E-state index is 0.538. The lowest BCUT2D eigenvalue weighted by atomic mass is 10.1. The van der Waals surface area contributed by atoms with Crippen molar-refractivity contribution in [2.45, 2.75) is 0 Å². The van der Waals surface area contributed by atoms with Gasteiger partial charge in [0.15, 0.2) is 5.13 Å². The third kappa shape index (κ3) is 2.62. The van der Waals surface area contributed by atoms with Gasteiger partial charge in [0.25, 0.3) is 0 Å². The van der Waals surface area contributed by atoms with E-state index in [9.17, 15) is 0 Å². The lowest BCUT2D eigenvalue weighted by Crippen LogP contribution is -1.85. The number of nitrogens with one attached hydrogen (secondary N) is 1. The molecule has 0 atom stereocenters. The van der Waals surface area contributed by atoms with Crippen LogP contribution in [0.15, 0.2) is 66.9 Å². The number of nitrogens with zero attached hydrogens (tertiary/aromatic N) is 2. The van der Waals surface area contributed by atoms with Crippen LogP contribution in [0, 0.1) is 0 Å². The maximum atomic E-state index is 5.94. The number of aromatic nitrogens is 3. The fourth-order valence-electron chi connectivity index (χ4n) is 2.49. The molecule has 0 fully saturated rings. The van der Waals surface area contributed by atoms with Crippen molar-refractivity contribution in [2.24, 2.45) is 0 Å². The summed E-state index contributed by atoms with van der Waals surface area (Å²) in [4.78, 5) is 13.3. The highest BCUT2D eigenvalue weighted by Crippen LogP contribution is 2.37. The van der Waals surface area contributed by atoms with Crippen molar-refractivity contribution in [1.82, 2.24) is 15.0 Å². The first kappa shape index (κ1) is 13.7. The molecule has 5 heteroatoms. The summed E-state index contributed by atoms with van der Waals surface area (Å²) < 4.78 is 0. The monoisotopic (exact) mass is 318 g/mol. The van der Waals surface area contributed by atoms with Crippen LogP contribution in [0.3, 0.4) is 0 Å². The molecule has 0 saturated heterocycles. The Bertz CT molecular complexity index is 926. The average Bonchev–Trinajstić information content (AvgIpc) is 3.23. The maximum absolute atomic E-state index is 5.94. The zero-order valence-corrected chi connectivity index (χ0v) is 13.0. The number of hydrogen-bond donors (Lipinski definition) is 2. The van der Waals surface area contributed by atoms with Crippen molar-refractivity contribution < 1.29 is 0 Å². The van der Waals surface area contributed by atoms with Gasteiger partial charge in [0.2, 0.25) is 0 Å². The largest absolute Gasteiger partial charge is 0.375 e. The van der Waals surface area contributed by atoms with Crippen molar-refractivity contribution in [2.75, 3.05) is 5.73 Å².